The van der Waals surface area contributed by atoms with E-state index in [1.165, 1.54) is 0 Å². The number of amides is 1. The minimum Gasteiger partial charge on any atom is -0.465 e. The van der Waals surface area contributed by atoms with Crippen LogP contribution in [0.1, 0.15) is 59.8 Å². The zero-order valence-electron chi connectivity index (χ0n) is 17.1. The van der Waals surface area contributed by atoms with Gasteiger partial charge in [-0.25, -0.2) is 0 Å². The van der Waals surface area contributed by atoms with Gasteiger partial charge < -0.3 is 20.3 Å². The van der Waals surface area contributed by atoms with Gasteiger partial charge in [-0.05, 0) is 58.9 Å². The van der Waals surface area contributed by atoms with Crippen LogP contribution in [-0.2, 0) is 14.3 Å². The van der Waals surface area contributed by atoms with Gasteiger partial charge in [0.15, 0.2) is 0 Å². The lowest BCUT2D eigenvalue weighted by molar-refractivity contribution is -0.132. The molecular formula is C20H37N3O3. The van der Waals surface area contributed by atoms with E-state index in [4.69, 9.17) is 0 Å². The molecule has 26 heavy (non-hydrogen) atoms. The predicted octanol–water partition coefficient (Wildman–Crippen LogP) is 2.44. The molecule has 2 atom stereocenters. The standard InChI is InChI=1S/C16H29N3O.C4H8O2/c1-11(2)10-14(17-4)12(3)19-9-5-6-15(19)16(20)18-13-7-8-13;1-4(2)6-3-5/h11,13-15,17H,3,5-10H2,1-2,4H3,(H,18,20);3-4H,1-2H3. The van der Waals surface area contributed by atoms with E-state index in [0.717, 1.165) is 44.3 Å². The number of likely N-dealkylation sites (tertiary alicyclic amines) is 1. The normalized spacial score (nSPS) is 20.4. The van der Waals surface area contributed by atoms with Crippen LogP contribution in [-0.4, -0.2) is 55.1 Å². The first-order valence-electron chi connectivity index (χ1n) is 9.82. The molecule has 2 fully saturated rings. The first kappa shape index (κ1) is 22.5. The molecule has 0 radical (unpaired) electrons. The highest BCUT2D eigenvalue weighted by atomic mass is 16.5. The third-order valence-electron chi connectivity index (χ3n) is 4.63. The van der Waals surface area contributed by atoms with Crippen molar-refractivity contribution in [3.63, 3.8) is 0 Å². The van der Waals surface area contributed by atoms with Crippen LogP contribution in [0.25, 0.3) is 0 Å². The zero-order chi connectivity index (χ0) is 19.7. The summed E-state index contributed by atoms with van der Waals surface area (Å²) in [6.45, 7) is 13.7. The van der Waals surface area contributed by atoms with Crippen LogP contribution in [0.2, 0.25) is 0 Å². The Balaban J connectivity index is 0.000000487. The third kappa shape index (κ3) is 7.77. The number of hydrogen-bond donors (Lipinski definition) is 2. The molecule has 2 rings (SSSR count). The van der Waals surface area contributed by atoms with Gasteiger partial charge in [0.2, 0.25) is 5.91 Å². The van der Waals surface area contributed by atoms with Gasteiger partial charge in [0.25, 0.3) is 6.47 Å². The highest BCUT2D eigenvalue weighted by Gasteiger charge is 2.35. The first-order valence-corrected chi connectivity index (χ1v) is 9.82. The van der Waals surface area contributed by atoms with Gasteiger partial charge in [0, 0.05) is 24.3 Å². The lowest BCUT2D eigenvalue weighted by Crippen LogP contribution is -2.47. The van der Waals surface area contributed by atoms with Crippen molar-refractivity contribution in [2.24, 2.45) is 5.92 Å². The van der Waals surface area contributed by atoms with Crippen molar-refractivity contribution >= 4 is 12.4 Å². The second-order valence-electron chi connectivity index (χ2n) is 7.88. The van der Waals surface area contributed by atoms with Gasteiger partial charge in [-0.3, -0.25) is 9.59 Å². The number of carbonyl (C=O) groups excluding carboxylic acids is 2. The van der Waals surface area contributed by atoms with E-state index < -0.39 is 0 Å². The Labute approximate surface area is 158 Å². The fourth-order valence-electron chi connectivity index (χ4n) is 3.11. The summed E-state index contributed by atoms with van der Waals surface area (Å²) in [5, 5.41) is 6.49. The third-order valence-corrected chi connectivity index (χ3v) is 4.63. The van der Waals surface area contributed by atoms with E-state index in [1.807, 2.05) is 7.05 Å². The highest BCUT2D eigenvalue weighted by Crippen LogP contribution is 2.27. The van der Waals surface area contributed by atoms with E-state index in [2.05, 4.69) is 40.7 Å². The lowest BCUT2D eigenvalue weighted by Gasteiger charge is -2.33. The molecule has 6 nitrogen and oxygen atoms in total. The van der Waals surface area contributed by atoms with Crippen LogP contribution < -0.4 is 10.6 Å². The molecular weight excluding hydrogens is 330 g/mol. The van der Waals surface area contributed by atoms with Crippen LogP contribution in [0, 0.1) is 5.92 Å². The van der Waals surface area contributed by atoms with Gasteiger partial charge in [0.1, 0.15) is 6.04 Å². The quantitative estimate of drug-likeness (QED) is 0.613. The van der Waals surface area contributed by atoms with E-state index in [0.29, 0.717) is 18.4 Å². The molecule has 1 heterocycles. The minimum absolute atomic E-state index is 0.00823. The van der Waals surface area contributed by atoms with E-state index in [-0.39, 0.29) is 24.1 Å². The molecule has 1 saturated carbocycles. The lowest BCUT2D eigenvalue weighted by atomic mass is 10.0. The van der Waals surface area contributed by atoms with Crippen LogP contribution in [0.4, 0.5) is 0 Å². The van der Waals surface area contributed by atoms with Crippen molar-refractivity contribution < 1.29 is 14.3 Å². The summed E-state index contributed by atoms with van der Waals surface area (Å²) in [6.07, 6.45) is 5.42. The molecule has 1 aliphatic heterocycles. The summed E-state index contributed by atoms with van der Waals surface area (Å²) in [7, 11) is 1.98. The Kier molecular flexibility index (Phi) is 9.70. The van der Waals surface area contributed by atoms with Crippen LogP contribution in [0.5, 0.6) is 0 Å². The molecule has 0 aromatic rings. The Bertz CT molecular complexity index is 461. The maximum Gasteiger partial charge on any atom is 0.293 e. The predicted molar refractivity (Wildman–Crippen MR) is 105 cm³/mol. The highest BCUT2D eigenvalue weighted by molar-refractivity contribution is 5.82. The van der Waals surface area contributed by atoms with E-state index >= 15 is 0 Å². The number of hydrogen-bond acceptors (Lipinski definition) is 5. The number of likely N-dealkylation sites (N-methyl/N-ethyl adjacent to an activating group) is 1. The molecule has 0 spiro atoms. The van der Waals surface area contributed by atoms with Gasteiger partial charge in [0.05, 0.1) is 6.10 Å². The van der Waals surface area contributed by atoms with Crippen molar-refractivity contribution in [1.29, 1.82) is 0 Å². The summed E-state index contributed by atoms with van der Waals surface area (Å²) in [5.74, 6) is 0.816. The summed E-state index contributed by atoms with van der Waals surface area (Å²) in [5.41, 5.74) is 1.08. The monoisotopic (exact) mass is 367 g/mol. The summed E-state index contributed by atoms with van der Waals surface area (Å²) >= 11 is 0. The van der Waals surface area contributed by atoms with Gasteiger partial charge >= 0.3 is 0 Å². The number of carbonyl (C=O) groups is 2. The molecule has 0 bridgehead atoms. The summed E-state index contributed by atoms with van der Waals surface area (Å²) < 4.78 is 4.36. The number of ether oxygens (including phenoxy) is 1. The van der Waals surface area contributed by atoms with Crippen molar-refractivity contribution in [3.8, 4) is 0 Å². The van der Waals surface area contributed by atoms with E-state index in [9.17, 15) is 9.59 Å². The Hall–Kier alpha value is -1.56. The number of rotatable bonds is 9. The molecule has 1 saturated heterocycles. The second kappa shape index (κ2) is 11.2. The number of nitrogens with zero attached hydrogens (tertiary/aromatic N) is 1. The maximum atomic E-state index is 12.3. The van der Waals surface area contributed by atoms with Gasteiger partial charge in [-0.15, -0.1) is 0 Å². The van der Waals surface area contributed by atoms with Gasteiger partial charge in [-0.2, -0.15) is 0 Å². The van der Waals surface area contributed by atoms with Crippen LogP contribution in [0.3, 0.4) is 0 Å². The molecule has 0 aromatic heterocycles. The number of nitrogens with one attached hydrogen (secondary N) is 2. The Morgan fingerprint density at radius 3 is 2.35 bits per heavy atom. The van der Waals surface area contributed by atoms with Crippen molar-refractivity contribution in [2.45, 2.75) is 84.0 Å². The zero-order valence-corrected chi connectivity index (χ0v) is 17.1. The van der Waals surface area contributed by atoms with Crippen molar-refractivity contribution in [2.75, 3.05) is 13.6 Å². The van der Waals surface area contributed by atoms with E-state index in [1.54, 1.807) is 13.8 Å². The summed E-state index contributed by atoms with van der Waals surface area (Å²) in [4.78, 5) is 23.9. The Morgan fingerprint density at radius 1 is 1.27 bits per heavy atom. The largest absolute Gasteiger partial charge is 0.465 e. The fourth-order valence-corrected chi connectivity index (χ4v) is 3.11. The molecule has 0 aromatic carbocycles. The average Bonchev–Trinajstić information content (AvgIpc) is 3.24. The molecule has 2 aliphatic rings. The molecule has 1 amide bonds. The SMILES string of the molecule is C=C(C(CC(C)C)NC)N1CCCC1C(=O)NC1CC1.CC(C)OC=O. The van der Waals surface area contributed by atoms with Crippen LogP contribution >= 0.6 is 0 Å². The summed E-state index contributed by atoms with van der Waals surface area (Å²) in [6, 6.07) is 0.699. The van der Waals surface area contributed by atoms with Crippen molar-refractivity contribution in [1.82, 2.24) is 15.5 Å². The minimum atomic E-state index is -0.00823. The smallest absolute Gasteiger partial charge is 0.293 e. The van der Waals surface area contributed by atoms with Crippen LogP contribution in [0.15, 0.2) is 12.3 Å². The first-order chi connectivity index (χ1) is 12.3. The fraction of sp³-hybridized carbons (Fsp3) is 0.800. The molecule has 2 N–H and O–H groups in total. The molecule has 1 aliphatic carbocycles. The molecule has 6 heteroatoms. The molecule has 2 unspecified atom stereocenters. The topological polar surface area (TPSA) is 70.7 Å². The van der Waals surface area contributed by atoms with Gasteiger partial charge in [-0.1, -0.05) is 20.4 Å². The average molecular weight is 368 g/mol. The second-order valence-corrected chi connectivity index (χ2v) is 7.88. The maximum absolute atomic E-state index is 12.3. The molecule has 150 valence electrons. The Morgan fingerprint density at radius 2 is 1.92 bits per heavy atom. The van der Waals surface area contributed by atoms with Crippen molar-refractivity contribution in [3.05, 3.63) is 12.3 Å².